The van der Waals surface area contributed by atoms with Crippen molar-refractivity contribution in [1.82, 2.24) is 0 Å². The monoisotopic (exact) mass is 322 g/mol. The van der Waals surface area contributed by atoms with Crippen LogP contribution in [0.3, 0.4) is 0 Å². The summed E-state index contributed by atoms with van der Waals surface area (Å²) in [5.41, 5.74) is 6.35. The highest BCUT2D eigenvalue weighted by molar-refractivity contribution is 5.83. The molecule has 0 saturated heterocycles. The molecule has 126 valence electrons. The van der Waals surface area contributed by atoms with Crippen LogP contribution in [0.25, 0.3) is 5.57 Å². The number of aryl methyl sites for hydroxylation is 1. The van der Waals surface area contributed by atoms with Gasteiger partial charge in [-0.25, -0.2) is 4.79 Å². The van der Waals surface area contributed by atoms with Crippen molar-refractivity contribution in [3.05, 3.63) is 76.9 Å². The Morgan fingerprint density at radius 1 is 1.17 bits per heavy atom. The number of benzene rings is 1. The molecular formula is C22H26O2. The number of allylic oxidation sites excluding steroid dienone is 7. The van der Waals surface area contributed by atoms with E-state index in [9.17, 15) is 4.79 Å². The molecule has 2 nitrogen and oxygen atoms in total. The van der Waals surface area contributed by atoms with Gasteiger partial charge in [0.05, 0.1) is 6.61 Å². The molecule has 0 saturated carbocycles. The molecule has 0 unspecified atom stereocenters. The predicted octanol–water partition coefficient (Wildman–Crippen LogP) is 5.42. The maximum absolute atomic E-state index is 11.4. The van der Waals surface area contributed by atoms with Crippen LogP contribution in [0.4, 0.5) is 0 Å². The number of hydrogen-bond acceptors (Lipinski definition) is 2. The Morgan fingerprint density at radius 3 is 2.75 bits per heavy atom. The van der Waals surface area contributed by atoms with E-state index in [-0.39, 0.29) is 5.97 Å². The first-order valence-electron chi connectivity index (χ1n) is 8.59. The van der Waals surface area contributed by atoms with Crippen molar-refractivity contribution in [3.63, 3.8) is 0 Å². The number of fused-ring (bicyclic) bond motifs is 1. The summed E-state index contributed by atoms with van der Waals surface area (Å²) >= 11 is 0. The van der Waals surface area contributed by atoms with Gasteiger partial charge in [0.15, 0.2) is 0 Å². The van der Waals surface area contributed by atoms with Gasteiger partial charge in [0.25, 0.3) is 0 Å². The van der Waals surface area contributed by atoms with E-state index in [1.165, 1.54) is 41.2 Å². The molecule has 0 aromatic heterocycles. The molecule has 0 heterocycles. The maximum Gasteiger partial charge on any atom is 0.330 e. The smallest absolute Gasteiger partial charge is 0.330 e. The van der Waals surface area contributed by atoms with Crippen LogP contribution in [-0.2, 0) is 16.0 Å². The van der Waals surface area contributed by atoms with E-state index in [0.29, 0.717) is 6.61 Å². The molecule has 0 radical (unpaired) electrons. The molecule has 1 aliphatic carbocycles. The second-order valence-electron chi connectivity index (χ2n) is 6.09. The third kappa shape index (κ3) is 5.38. The van der Waals surface area contributed by atoms with Gasteiger partial charge in [-0.3, -0.25) is 0 Å². The molecule has 0 fully saturated rings. The quantitative estimate of drug-likeness (QED) is 0.411. The number of esters is 1. The van der Waals surface area contributed by atoms with Gasteiger partial charge in [-0.1, -0.05) is 54.1 Å². The maximum atomic E-state index is 11.4. The normalized spacial score (nSPS) is 17.2. The predicted molar refractivity (Wildman–Crippen MR) is 101 cm³/mol. The van der Waals surface area contributed by atoms with Crippen LogP contribution < -0.4 is 0 Å². The number of ether oxygens (including phenoxy) is 1. The average Bonchev–Trinajstić information content (AvgIpc) is 2.55. The lowest BCUT2D eigenvalue weighted by Crippen LogP contribution is -2.01. The van der Waals surface area contributed by atoms with Crippen LogP contribution in [0.15, 0.2) is 65.8 Å². The van der Waals surface area contributed by atoms with Gasteiger partial charge in [0, 0.05) is 6.08 Å². The number of carbonyl (C=O) groups excluding carboxylic acids is 1. The Labute approximate surface area is 145 Å². The summed E-state index contributed by atoms with van der Waals surface area (Å²) in [6, 6.07) is 8.67. The van der Waals surface area contributed by atoms with Crippen molar-refractivity contribution >= 4 is 11.5 Å². The zero-order chi connectivity index (χ0) is 17.4. The lowest BCUT2D eigenvalue weighted by atomic mass is 9.86. The Hall–Kier alpha value is -2.35. The van der Waals surface area contributed by atoms with Crippen LogP contribution in [0, 0.1) is 0 Å². The number of rotatable bonds is 5. The lowest BCUT2D eigenvalue weighted by molar-refractivity contribution is -0.137. The molecule has 0 amide bonds. The largest absolute Gasteiger partial charge is 0.463 e. The van der Waals surface area contributed by atoms with Crippen LogP contribution in [0.5, 0.6) is 0 Å². The Kier molecular flexibility index (Phi) is 6.80. The van der Waals surface area contributed by atoms with Crippen LogP contribution in [0.1, 0.15) is 44.7 Å². The first kappa shape index (κ1) is 18.0. The highest BCUT2D eigenvalue weighted by Gasteiger charge is 2.12. The molecule has 0 spiro atoms. The number of carbonyl (C=O) groups is 1. The third-order valence-corrected chi connectivity index (χ3v) is 4.01. The Bertz CT molecular complexity index is 702. The van der Waals surface area contributed by atoms with E-state index < -0.39 is 0 Å². The standard InChI is InChI=1S/C22H26O2/c1-4-24-22(23)16-18(3)10-7-9-17(2)15-20-13-8-12-19-11-5-6-14-21(19)20/h5-7,9-11,14-16H,4,8,12-13H2,1-3H3/b10-7+,17-9+,18-16+,20-15+. The molecule has 1 aromatic carbocycles. The van der Waals surface area contributed by atoms with Gasteiger partial charge in [-0.15, -0.1) is 0 Å². The fraction of sp³-hybridized carbons (Fsp3) is 0.318. The molecule has 1 aromatic rings. The SMILES string of the molecule is CCOC(=O)/C=C(C)/C=C/C=C(C)/C=C1\CCCc2ccccc21. The summed E-state index contributed by atoms with van der Waals surface area (Å²) in [6.45, 7) is 6.21. The average molecular weight is 322 g/mol. The van der Waals surface area contributed by atoms with Crippen molar-refractivity contribution in [2.45, 2.75) is 40.0 Å². The Balaban J connectivity index is 2.07. The van der Waals surface area contributed by atoms with Crippen LogP contribution in [-0.4, -0.2) is 12.6 Å². The number of hydrogen-bond donors (Lipinski definition) is 0. The minimum Gasteiger partial charge on any atom is -0.463 e. The van der Waals surface area contributed by atoms with E-state index in [4.69, 9.17) is 4.74 Å². The summed E-state index contributed by atoms with van der Waals surface area (Å²) in [6.07, 6.45) is 13.3. The van der Waals surface area contributed by atoms with Crippen molar-refractivity contribution in [1.29, 1.82) is 0 Å². The van der Waals surface area contributed by atoms with Crippen LogP contribution in [0.2, 0.25) is 0 Å². The molecule has 0 atom stereocenters. The van der Waals surface area contributed by atoms with Crippen molar-refractivity contribution < 1.29 is 9.53 Å². The highest BCUT2D eigenvalue weighted by atomic mass is 16.5. The summed E-state index contributed by atoms with van der Waals surface area (Å²) in [4.78, 5) is 11.4. The second-order valence-corrected chi connectivity index (χ2v) is 6.09. The van der Waals surface area contributed by atoms with E-state index in [1.807, 2.05) is 19.1 Å². The molecule has 2 rings (SSSR count). The van der Waals surface area contributed by atoms with Crippen LogP contribution >= 0.6 is 0 Å². The third-order valence-electron chi connectivity index (χ3n) is 4.01. The first-order chi connectivity index (χ1) is 11.6. The zero-order valence-corrected chi connectivity index (χ0v) is 14.8. The van der Waals surface area contributed by atoms with E-state index >= 15 is 0 Å². The topological polar surface area (TPSA) is 26.3 Å². The van der Waals surface area contributed by atoms with Gasteiger partial charge >= 0.3 is 5.97 Å². The molecule has 0 bridgehead atoms. The minimum absolute atomic E-state index is 0.290. The van der Waals surface area contributed by atoms with Crippen molar-refractivity contribution in [3.8, 4) is 0 Å². The van der Waals surface area contributed by atoms with Gasteiger partial charge in [-0.2, -0.15) is 0 Å². The lowest BCUT2D eigenvalue weighted by Gasteiger charge is -2.18. The van der Waals surface area contributed by atoms with Crippen molar-refractivity contribution in [2.75, 3.05) is 6.61 Å². The fourth-order valence-electron chi connectivity index (χ4n) is 2.90. The highest BCUT2D eigenvalue weighted by Crippen LogP contribution is 2.31. The zero-order valence-electron chi connectivity index (χ0n) is 14.8. The first-order valence-corrected chi connectivity index (χ1v) is 8.59. The minimum atomic E-state index is -0.290. The molecular weight excluding hydrogens is 296 g/mol. The van der Waals surface area contributed by atoms with Gasteiger partial charge in [0.1, 0.15) is 0 Å². The molecule has 0 aliphatic heterocycles. The molecule has 1 aliphatic rings. The van der Waals surface area contributed by atoms with E-state index in [0.717, 1.165) is 12.0 Å². The van der Waals surface area contributed by atoms with E-state index in [2.05, 4.69) is 43.3 Å². The fourth-order valence-corrected chi connectivity index (χ4v) is 2.90. The van der Waals surface area contributed by atoms with Gasteiger partial charge < -0.3 is 4.74 Å². The van der Waals surface area contributed by atoms with E-state index in [1.54, 1.807) is 6.92 Å². The Morgan fingerprint density at radius 2 is 1.96 bits per heavy atom. The molecule has 2 heteroatoms. The van der Waals surface area contributed by atoms with Gasteiger partial charge in [0.2, 0.25) is 0 Å². The molecule has 24 heavy (non-hydrogen) atoms. The summed E-state index contributed by atoms with van der Waals surface area (Å²) in [5, 5.41) is 0. The summed E-state index contributed by atoms with van der Waals surface area (Å²) in [7, 11) is 0. The summed E-state index contributed by atoms with van der Waals surface area (Å²) < 4.78 is 4.90. The molecule has 0 N–H and O–H groups in total. The van der Waals surface area contributed by atoms with Gasteiger partial charge in [-0.05, 0) is 62.3 Å². The summed E-state index contributed by atoms with van der Waals surface area (Å²) in [5.74, 6) is -0.290. The second kappa shape index (κ2) is 9.07. The van der Waals surface area contributed by atoms with Crippen molar-refractivity contribution in [2.24, 2.45) is 0 Å².